The van der Waals surface area contributed by atoms with Crippen molar-refractivity contribution >= 4 is 12.0 Å². The quantitative estimate of drug-likeness (QED) is 0.635. The number of amides is 2. The van der Waals surface area contributed by atoms with Gasteiger partial charge in [0.1, 0.15) is 0 Å². The highest BCUT2D eigenvalue weighted by Gasteiger charge is 2.40. The van der Waals surface area contributed by atoms with Crippen LogP contribution in [0.4, 0.5) is 10.7 Å². The minimum atomic E-state index is 0.0613. The number of nitrogen functional groups attached to an aromatic ring is 1. The van der Waals surface area contributed by atoms with Gasteiger partial charge in [0.2, 0.25) is 5.95 Å². The summed E-state index contributed by atoms with van der Waals surface area (Å²) in [7, 11) is 0. The molecular formula is C24H41N7O2. The number of nitrogens with zero attached hydrogens (tertiary/aromatic N) is 5. The molecule has 0 spiro atoms. The van der Waals surface area contributed by atoms with Crippen LogP contribution in [-0.4, -0.2) is 102 Å². The summed E-state index contributed by atoms with van der Waals surface area (Å²) in [5, 5.41) is 3.37. The van der Waals surface area contributed by atoms with Crippen molar-refractivity contribution in [1.29, 1.82) is 0 Å². The van der Waals surface area contributed by atoms with Crippen molar-refractivity contribution in [3.8, 4) is 0 Å². The first-order chi connectivity index (χ1) is 16.1. The minimum Gasteiger partial charge on any atom is -0.380 e. The van der Waals surface area contributed by atoms with Crippen LogP contribution >= 0.6 is 0 Å². The third-order valence-corrected chi connectivity index (χ3v) is 7.42. The lowest BCUT2D eigenvalue weighted by Crippen LogP contribution is -2.59. The molecule has 3 N–H and O–H groups in total. The van der Waals surface area contributed by atoms with Crippen LogP contribution in [0.1, 0.15) is 44.4 Å². The molecule has 2 fully saturated rings. The molecule has 3 heterocycles. The number of rotatable bonds is 7. The van der Waals surface area contributed by atoms with Gasteiger partial charge in [0, 0.05) is 69.8 Å². The molecule has 2 amide bonds. The van der Waals surface area contributed by atoms with Crippen LogP contribution < -0.4 is 11.1 Å². The van der Waals surface area contributed by atoms with Gasteiger partial charge in [-0.15, -0.1) is 0 Å². The number of piperidine rings is 1. The Balaban J connectivity index is 1.36. The van der Waals surface area contributed by atoms with Crippen molar-refractivity contribution in [1.82, 2.24) is 30.0 Å². The van der Waals surface area contributed by atoms with Crippen molar-refractivity contribution in [2.45, 2.75) is 58.0 Å². The number of urea groups is 1. The topological polar surface area (TPSA) is 99.9 Å². The number of carbonyl (C=O) groups excluding carboxylic acids is 1. The number of hydrogen-bond acceptors (Lipinski definition) is 7. The highest BCUT2D eigenvalue weighted by molar-refractivity contribution is 5.74. The van der Waals surface area contributed by atoms with Gasteiger partial charge >= 0.3 is 6.03 Å². The fourth-order valence-electron chi connectivity index (χ4n) is 5.71. The van der Waals surface area contributed by atoms with Gasteiger partial charge in [-0.1, -0.05) is 6.92 Å². The lowest BCUT2D eigenvalue weighted by Gasteiger charge is -2.47. The number of hydrogen-bond donors (Lipinski definition) is 2. The van der Waals surface area contributed by atoms with E-state index in [0.29, 0.717) is 17.9 Å². The Morgan fingerprint density at radius 3 is 2.97 bits per heavy atom. The second kappa shape index (κ2) is 11.4. The molecule has 0 saturated carbocycles. The van der Waals surface area contributed by atoms with Crippen molar-refractivity contribution in [3.05, 3.63) is 17.5 Å². The first-order valence-corrected chi connectivity index (χ1v) is 12.8. The number of nitrogens with one attached hydrogen (secondary N) is 1. The molecule has 3 aliphatic rings. The zero-order chi connectivity index (χ0) is 23.2. The van der Waals surface area contributed by atoms with E-state index in [9.17, 15) is 4.79 Å². The highest BCUT2D eigenvalue weighted by atomic mass is 16.5. The molecular weight excluding hydrogens is 418 g/mol. The molecule has 3 atom stereocenters. The van der Waals surface area contributed by atoms with E-state index in [4.69, 9.17) is 10.5 Å². The Kier molecular flexibility index (Phi) is 8.38. The second-order valence-electron chi connectivity index (χ2n) is 9.70. The van der Waals surface area contributed by atoms with Crippen molar-refractivity contribution in [3.63, 3.8) is 0 Å². The van der Waals surface area contributed by atoms with E-state index in [-0.39, 0.29) is 12.1 Å². The fraction of sp³-hybridized carbons (Fsp3) is 0.792. The Labute approximate surface area is 198 Å². The molecule has 0 bridgehead atoms. The molecule has 9 heteroatoms. The number of carbonyl (C=O) groups is 1. The van der Waals surface area contributed by atoms with Crippen LogP contribution in [-0.2, 0) is 17.6 Å². The van der Waals surface area contributed by atoms with Gasteiger partial charge in [0.25, 0.3) is 0 Å². The number of nitrogens with two attached hydrogens (primary N) is 1. The Morgan fingerprint density at radius 1 is 1.27 bits per heavy atom. The maximum atomic E-state index is 13.2. The summed E-state index contributed by atoms with van der Waals surface area (Å²) in [4.78, 5) is 28.8. The molecule has 0 aromatic carbocycles. The van der Waals surface area contributed by atoms with E-state index >= 15 is 0 Å². The van der Waals surface area contributed by atoms with Crippen molar-refractivity contribution < 1.29 is 9.53 Å². The lowest BCUT2D eigenvalue weighted by atomic mass is 9.76. The zero-order valence-electron chi connectivity index (χ0n) is 20.3. The largest absolute Gasteiger partial charge is 0.380 e. The second-order valence-corrected chi connectivity index (χ2v) is 9.70. The molecule has 0 radical (unpaired) electrons. The monoisotopic (exact) mass is 459 g/mol. The number of likely N-dealkylation sites (tertiary alicyclic amines) is 1. The summed E-state index contributed by atoms with van der Waals surface area (Å²) >= 11 is 0. The molecule has 2 aliphatic heterocycles. The van der Waals surface area contributed by atoms with Gasteiger partial charge in [0.15, 0.2) is 0 Å². The third kappa shape index (κ3) is 6.13. The molecule has 1 aromatic heterocycles. The summed E-state index contributed by atoms with van der Waals surface area (Å²) < 4.78 is 5.55. The molecule has 33 heavy (non-hydrogen) atoms. The van der Waals surface area contributed by atoms with Crippen LogP contribution in [0.2, 0.25) is 0 Å². The first kappa shape index (κ1) is 24.2. The maximum Gasteiger partial charge on any atom is 0.317 e. The van der Waals surface area contributed by atoms with Gasteiger partial charge < -0.3 is 20.7 Å². The first-order valence-electron chi connectivity index (χ1n) is 12.8. The fourth-order valence-corrected chi connectivity index (χ4v) is 5.71. The SMILES string of the molecule is CCCN1C[C@@H](NC(=O)N(CC)CCN2CCCOCC2)C[C@@H]2Cc3nc(N)ncc3C[C@H]21. The van der Waals surface area contributed by atoms with E-state index in [1.54, 1.807) is 0 Å². The molecule has 1 aliphatic carbocycles. The van der Waals surface area contributed by atoms with E-state index < -0.39 is 0 Å². The smallest absolute Gasteiger partial charge is 0.317 e. The number of likely N-dealkylation sites (N-methyl/N-ethyl adjacent to an activating group) is 1. The van der Waals surface area contributed by atoms with Gasteiger partial charge in [0.05, 0.1) is 6.61 Å². The van der Waals surface area contributed by atoms with Gasteiger partial charge in [-0.05, 0) is 57.1 Å². The summed E-state index contributed by atoms with van der Waals surface area (Å²) in [6, 6.07) is 0.711. The maximum absolute atomic E-state index is 13.2. The average Bonchev–Trinajstić information content (AvgIpc) is 3.07. The molecule has 9 nitrogen and oxygen atoms in total. The zero-order valence-corrected chi connectivity index (χ0v) is 20.3. The highest BCUT2D eigenvalue weighted by Crippen LogP contribution is 2.34. The molecule has 0 unspecified atom stereocenters. The lowest BCUT2D eigenvalue weighted by molar-refractivity contribution is 0.0623. The predicted octanol–water partition coefficient (Wildman–Crippen LogP) is 1.38. The number of aromatic nitrogens is 2. The minimum absolute atomic E-state index is 0.0613. The summed E-state index contributed by atoms with van der Waals surface area (Å²) in [6.07, 6.45) is 6.95. The van der Waals surface area contributed by atoms with E-state index in [2.05, 4.69) is 38.9 Å². The molecule has 1 aromatic rings. The van der Waals surface area contributed by atoms with Gasteiger partial charge in [-0.2, -0.15) is 0 Å². The predicted molar refractivity (Wildman–Crippen MR) is 129 cm³/mol. The Morgan fingerprint density at radius 2 is 2.15 bits per heavy atom. The number of anilines is 1. The van der Waals surface area contributed by atoms with Gasteiger partial charge in [-0.3, -0.25) is 9.80 Å². The summed E-state index contributed by atoms with van der Waals surface area (Å²) in [5.74, 6) is 0.831. The van der Waals surface area contributed by atoms with Crippen LogP contribution in [0.3, 0.4) is 0 Å². The van der Waals surface area contributed by atoms with Crippen molar-refractivity contribution in [2.75, 3.05) is 64.8 Å². The van der Waals surface area contributed by atoms with Crippen LogP contribution in [0, 0.1) is 5.92 Å². The van der Waals surface area contributed by atoms with Gasteiger partial charge in [-0.25, -0.2) is 14.8 Å². The number of ether oxygens (including phenoxy) is 1. The van der Waals surface area contributed by atoms with Crippen LogP contribution in [0.25, 0.3) is 0 Å². The molecule has 4 rings (SSSR count). The average molecular weight is 460 g/mol. The molecule has 184 valence electrons. The Bertz CT molecular complexity index is 784. The van der Waals surface area contributed by atoms with Crippen molar-refractivity contribution in [2.24, 2.45) is 5.92 Å². The third-order valence-electron chi connectivity index (χ3n) is 7.42. The summed E-state index contributed by atoms with van der Waals surface area (Å²) in [5.41, 5.74) is 8.17. The Hall–Kier alpha value is -1.97. The standard InChI is InChI=1S/C24H41N7O2/c1-3-6-31-17-20(13-18-14-21-19(15-22(18)31)16-26-23(25)28-21)27-24(32)30(4-2)9-8-29-7-5-11-33-12-10-29/h16,18,20,22H,3-15,17H2,1-2H3,(H,27,32)(H2,25,26,28)/t18-,20+,22-/m1/s1. The van der Waals surface area contributed by atoms with E-state index in [1.807, 2.05) is 11.1 Å². The van der Waals surface area contributed by atoms with E-state index in [1.165, 1.54) is 5.56 Å². The summed E-state index contributed by atoms with van der Waals surface area (Å²) in [6.45, 7) is 12.3. The molecule has 2 saturated heterocycles. The normalized spacial score (nSPS) is 26.2. The van der Waals surface area contributed by atoms with E-state index in [0.717, 1.165) is 96.8 Å². The van der Waals surface area contributed by atoms with Crippen LogP contribution in [0.15, 0.2) is 6.20 Å². The number of fused-ring (bicyclic) bond motifs is 2. The van der Waals surface area contributed by atoms with Crippen LogP contribution in [0.5, 0.6) is 0 Å².